The Bertz CT molecular complexity index is 1290. The zero-order valence-corrected chi connectivity index (χ0v) is 22.1. The molecule has 0 spiro atoms. The molecule has 0 aliphatic carbocycles. The van der Waals surface area contributed by atoms with E-state index in [9.17, 15) is 14.2 Å². The largest absolute Gasteiger partial charge is 0.459 e. The lowest BCUT2D eigenvalue weighted by Gasteiger charge is -2.21. The number of esters is 1. The Labute approximate surface area is 208 Å². The van der Waals surface area contributed by atoms with Crippen LogP contribution in [-0.2, 0) is 29.7 Å². The lowest BCUT2D eigenvalue weighted by molar-refractivity contribution is -0.155. The van der Waals surface area contributed by atoms with Gasteiger partial charge in [0.1, 0.15) is 17.8 Å². The number of ketones is 1. The fraction of sp³-hybridized carbons (Fsp3) is 0.435. The minimum Gasteiger partial charge on any atom is -0.459 e. The average Bonchev–Trinajstić information content (AvgIpc) is 3.10. The maximum absolute atomic E-state index is 13.9. The standard InChI is InChI=1S/C23H28ClN4O6P/c1-7-32-35(31,33-8-2)19-10-18-17(9-16(19)15-11-25-22(24)26-12-15)21(14(3)29)27-28(18)13-20(30)34-23(4,5)6/h9-12H,7-8,13H2,1-6H3. The summed E-state index contributed by atoms with van der Waals surface area (Å²) in [5.41, 5.74) is 0.762. The molecule has 0 atom stereocenters. The molecule has 0 fully saturated rings. The molecule has 10 nitrogen and oxygen atoms in total. The monoisotopic (exact) mass is 522 g/mol. The van der Waals surface area contributed by atoms with Crippen molar-refractivity contribution in [3.63, 3.8) is 0 Å². The third kappa shape index (κ3) is 6.13. The van der Waals surface area contributed by atoms with Crippen LogP contribution in [0.15, 0.2) is 24.5 Å². The molecule has 0 saturated carbocycles. The first-order valence-electron chi connectivity index (χ1n) is 11.0. The van der Waals surface area contributed by atoms with E-state index in [1.165, 1.54) is 24.0 Å². The maximum Gasteiger partial charge on any atom is 0.362 e. The van der Waals surface area contributed by atoms with Crippen molar-refractivity contribution in [1.29, 1.82) is 0 Å². The highest BCUT2D eigenvalue weighted by Gasteiger charge is 2.33. The van der Waals surface area contributed by atoms with Gasteiger partial charge in [-0.15, -0.1) is 0 Å². The first kappa shape index (κ1) is 26.9. The van der Waals surface area contributed by atoms with E-state index in [0.29, 0.717) is 22.0 Å². The van der Waals surface area contributed by atoms with E-state index in [1.54, 1.807) is 46.8 Å². The van der Waals surface area contributed by atoms with Crippen LogP contribution in [0.5, 0.6) is 0 Å². The smallest absolute Gasteiger partial charge is 0.362 e. The van der Waals surface area contributed by atoms with Crippen LogP contribution in [0.4, 0.5) is 0 Å². The highest BCUT2D eigenvalue weighted by molar-refractivity contribution is 7.62. The Morgan fingerprint density at radius 1 is 1.09 bits per heavy atom. The molecule has 35 heavy (non-hydrogen) atoms. The van der Waals surface area contributed by atoms with Crippen molar-refractivity contribution in [2.45, 2.75) is 53.7 Å². The fourth-order valence-corrected chi connectivity index (χ4v) is 5.41. The van der Waals surface area contributed by atoms with E-state index in [1.807, 2.05) is 0 Å². The SMILES string of the molecule is CCOP(=O)(OCC)c1cc2c(cc1-c1cnc(Cl)nc1)c(C(C)=O)nn2CC(=O)OC(C)(C)C. The number of halogens is 1. The molecule has 3 rings (SSSR count). The fourth-order valence-electron chi connectivity index (χ4n) is 3.51. The number of carbonyl (C=O) groups is 2. The molecule has 0 N–H and O–H groups in total. The molecule has 0 aliphatic rings. The third-order valence-corrected chi connectivity index (χ3v) is 7.08. The first-order chi connectivity index (χ1) is 16.4. The molecule has 0 bridgehead atoms. The van der Waals surface area contributed by atoms with E-state index in [0.717, 1.165) is 0 Å². The molecule has 0 amide bonds. The number of ether oxygens (including phenoxy) is 1. The number of rotatable bonds is 9. The Morgan fingerprint density at radius 3 is 2.20 bits per heavy atom. The zero-order chi connectivity index (χ0) is 26.0. The summed E-state index contributed by atoms with van der Waals surface area (Å²) >= 11 is 5.86. The van der Waals surface area contributed by atoms with E-state index < -0.39 is 19.2 Å². The number of fused-ring (bicyclic) bond motifs is 1. The van der Waals surface area contributed by atoms with Crippen molar-refractivity contribution in [2.75, 3.05) is 13.2 Å². The van der Waals surface area contributed by atoms with Crippen molar-refractivity contribution in [1.82, 2.24) is 19.7 Å². The van der Waals surface area contributed by atoms with Crippen molar-refractivity contribution < 1.29 is 27.9 Å². The highest BCUT2D eigenvalue weighted by Crippen LogP contribution is 2.50. The van der Waals surface area contributed by atoms with Crippen molar-refractivity contribution in [3.8, 4) is 11.1 Å². The summed E-state index contributed by atoms with van der Waals surface area (Å²) in [6, 6.07) is 3.21. The topological polar surface area (TPSA) is 122 Å². The summed E-state index contributed by atoms with van der Waals surface area (Å²) in [6.45, 7) is 10.1. The Balaban J connectivity index is 2.32. The predicted molar refractivity (Wildman–Crippen MR) is 132 cm³/mol. The van der Waals surface area contributed by atoms with E-state index in [4.69, 9.17) is 25.4 Å². The summed E-state index contributed by atoms with van der Waals surface area (Å²) in [4.78, 5) is 33.0. The molecule has 0 unspecified atom stereocenters. The molecular formula is C23H28ClN4O6P. The van der Waals surface area contributed by atoms with Gasteiger partial charge >= 0.3 is 13.6 Å². The maximum atomic E-state index is 13.9. The second-order valence-electron chi connectivity index (χ2n) is 8.61. The van der Waals surface area contributed by atoms with Gasteiger partial charge in [-0.3, -0.25) is 18.8 Å². The third-order valence-electron chi connectivity index (χ3n) is 4.72. The average molecular weight is 523 g/mol. The Morgan fingerprint density at radius 2 is 1.69 bits per heavy atom. The molecule has 12 heteroatoms. The van der Waals surface area contributed by atoms with Gasteiger partial charge in [-0.1, -0.05) is 0 Å². The Hall–Kier alpha value is -2.65. The quantitative estimate of drug-likeness (QED) is 0.172. The van der Waals surface area contributed by atoms with Gasteiger partial charge in [0.25, 0.3) is 0 Å². The van der Waals surface area contributed by atoms with Gasteiger partial charge < -0.3 is 13.8 Å². The first-order valence-corrected chi connectivity index (χ1v) is 13.0. The normalized spacial score (nSPS) is 12.2. The minimum absolute atomic E-state index is 0.0452. The molecule has 3 aromatic rings. The summed E-state index contributed by atoms with van der Waals surface area (Å²) in [7, 11) is -3.82. The lowest BCUT2D eigenvalue weighted by Crippen LogP contribution is -2.27. The van der Waals surface area contributed by atoms with Crippen LogP contribution in [0, 0.1) is 0 Å². The number of aromatic nitrogens is 4. The van der Waals surface area contributed by atoms with Gasteiger partial charge in [0.05, 0.1) is 24.0 Å². The van der Waals surface area contributed by atoms with Crippen LogP contribution in [0.25, 0.3) is 22.0 Å². The van der Waals surface area contributed by atoms with Crippen LogP contribution in [0.3, 0.4) is 0 Å². The molecule has 2 aromatic heterocycles. The molecule has 1 aromatic carbocycles. The van der Waals surface area contributed by atoms with Crippen molar-refractivity contribution >= 4 is 47.2 Å². The van der Waals surface area contributed by atoms with Crippen LogP contribution in [0.2, 0.25) is 5.28 Å². The van der Waals surface area contributed by atoms with Gasteiger partial charge in [-0.2, -0.15) is 5.10 Å². The van der Waals surface area contributed by atoms with Gasteiger partial charge in [0.15, 0.2) is 5.78 Å². The number of hydrogen-bond donors (Lipinski definition) is 0. The number of benzene rings is 1. The van der Waals surface area contributed by atoms with E-state index in [-0.39, 0.29) is 41.8 Å². The van der Waals surface area contributed by atoms with E-state index in [2.05, 4.69) is 15.1 Å². The van der Waals surface area contributed by atoms with Crippen molar-refractivity contribution in [3.05, 3.63) is 35.5 Å². The van der Waals surface area contributed by atoms with Gasteiger partial charge in [0.2, 0.25) is 5.28 Å². The zero-order valence-electron chi connectivity index (χ0n) is 20.5. The van der Waals surface area contributed by atoms with Crippen molar-refractivity contribution in [2.24, 2.45) is 0 Å². The molecule has 0 aliphatic heterocycles. The summed E-state index contributed by atoms with van der Waals surface area (Å²) in [6.07, 6.45) is 2.95. The summed E-state index contributed by atoms with van der Waals surface area (Å²) in [5.74, 6) is -0.840. The highest BCUT2D eigenvalue weighted by atomic mass is 35.5. The number of carbonyl (C=O) groups excluding carboxylic acids is 2. The summed E-state index contributed by atoms with van der Waals surface area (Å²) < 4.78 is 31.9. The lowest BCUT2D eigenvalue weighted by atomic mass is 10.0. The number of hydrogen-bond acceptors (Lipinski definition) is 9. The van der Waals surface area contributed by atoms with Crippen LogP contribution in [0.1, 0.15) is 52.0 Å². The minimum atomic E-state index is -3.82. The number of nitrogens with zero attached hydrogens (tertiary/aromatic N) is 4. The molecule has 0 saturated heterocycles. The van der Waals surface area contributed by atoms with Gasteiger partial charge in [-0.05, 0) is 58.4 Å². The van der Waals surface area contributed by atoms with E-state index >= 15 is 0 Å². The molecular weight excluding hydrogens is 495 g/mol. The number of Topliss-reactive ketones (excluding diaryl/α,β-unsaturated/α-hetero) is 1. The second kappa shape index (κ2) is 10.5. The van der Waals surface area contributed by atoms with Crippen LogP contribution >= 0.6 is 19.2 Å². The van der Waals surface area contributed by atoms with Crippen LogP contribution in [-0.4, -0.2) is 50.3 Å². The molecule has 2 heterocycles. The molecule has 0 radical (unpaired) electrons. The molecule has 188 valence electrons. The predicted octanol–water partition coefficient (Wildman–Crippen LogP) is 4.58. The van der Waals surface area contributed by atoms with Gasteiger partial charge in [-0.25, -0.2) is 9.97 Å². The summed E-state index contributed by atoms with van der Waals surface area (Å²) in [5, 5.41) is 5.09. The Kier molecular flexibility index (Phi) is 8.11. The second-order valence-corrected chi connectivity index (χ2v) is 10.9. The van der Waals surface area contributed by atoms with Crippen LogP contribution < -0.4 is 5.30 Å². The van der Waals surface area contributed by atoms with Gasteiger partial charge in [0, 0.05) is 35.8 Å².